The third-order valence-electron chi connectivity index (χ3n) is 6.34. The third kappa shape index (κ3) is 5.91. The van der Waals surface area contributed by atoms with E-state index >= 15 is 0 Å². The highest BCUT2D eigenvalue weighted by atomic mass is 32.2. The molecule has 0 saturated carbocycles. The van der Waals surface area contributed by atoms with Crippen LogP contribution in [0, 0.1) is 5.92 Å². The third-order valence-corrected chi connectivity index (χ3v) is 6.98. The Morgan fingerprint density at radius 2 is 1.62 bits per heavy atom. The van der Waals surface area contributed by atoms with E-state index in [0.717, 1.165) is 22.3 Å². The Labute approximate surface area is 204 Å². The standard InChI is InChI=1S/C26H32N2O5S/c1-4-16(2)23(25(30)31)28-24(29)22(13-14-34-3)27-26(32)33-15-21-19-11-7-5-9-17(19)18-10-6-8-12-20(18)21/h5-12,16,21-23H,4,13-15H2,1-3H3,(H,27,32)(H,28,29)(H,30,31)/t16?,22-,23?/m0/s1. The average Bonchev–Trinajstić information content (AvgIpc) is 3.16. The largest absolute Gasteiger partial charge is 0.480 e. The minimum Gasteiger partial charge on any atom is -0.480 e. The normalized spacial score (nSPS) is 14.9. The van der Waals surface area contributed by atoms with Crippen molar-refractivity contribution in [2.75, 3.05) is 18.6 Å². The van der Waals surface area contributed by atoms with Crippen LogP contribution in [0.3, 0.4) is 0 Å². The van der Waals surface area contributed by atoms with E-state index in [-0.39, 0.29) is 18.4 Å². The number of ether oxygens (including phenoxy) is 1. The van der Waals surface area contributed by atoms with Crippen molar-refractivity contribution >= 4 is 29.7 Å². The van der Waals surface area contributed by atoms with Gasteiger partial charge in [-0.15, -0.1) is 0 Å². The molecule has 2 amide bonds. The molecule has 0 fully saturated rings. The van der Waals surface area contributed by atoms with Gasteiger partial charge in [0.2, 0.25) is 5.91 Å². The van der Waals surface area contributed by atoms with Crippen LogP contribution in [0.2, 0.25) is 0 Å². The number of thioether (sulfide) groups is 1. The minimum atomic E-state index is -1.09. The maximum Gasteiger partial charge on any atom is 0.407 e. The summed E-state index contributed by atoms with van der Waals surface area (Å²) in [6.45, 7) is 3.78. The molecule has 2 unspecified atom stereocenters. The van der Waals surface area contributed by atoms with Crippen LogP contribution in [0.4, 0.5) is 4.79 Å². The monoisotopic (exact) mass is 484 g/mol. The molecule has 0 aromatic heterocycles. The smallest absolute Gasteiger partial charge is 0.407 e. The molecule has 0 heterocycles. The summed E-state index contributed by atoms with van der Waals surface area (Å²) in [6.07, 6.45) is 2.18. The van der Waals surface area contributed by atoms with Crippen LogP contribution >= 0.6 is 11.8 Å². The Balaban J connectivity index is 1.66. The first kappa shape index (κ1) is 25.6. The Hall–Kier alpha value is -3.00. The summed E-state index contributed by atoms with van der Waals surface area (Å²) in [7, 11) is 0. The lowest BCUT2D eigenvalue weighted by atomic mass is 9.98. The van der Waals surface area contributed by atoms with Gasteiger partial charge in [-0.3, -0.25) is 4.79 Å². The Morgan fingerprint density at radius 1 is 1.03 bits per heavy atom. The van der Waals surface area contributed by atoms with Crippen molar-refractivity contribution in [3.63, 3.8) is 0 Å². The molecule has 2 aromatic rings. The van der Waals surface area contributed by atoms with Crippen molar-refractivity contribution in [3.05, 3.63) is 59.7 Å². The Bertz CT molecular complexity index is 982. The second-order valence-corrected chi connectivity index (χ2v) is 9.50. The fourth-order valence-electron chi connectivity index (χ4n) is 4.22. The van der Waals surface area contributed by atoms with E-state index in [9.17, 15) is 19.5 Å². The van der Waals surface area contributed by atoms with E-state index in [1.165, 1.54) is 0 Å². The highest BCUT2D eigenvalue weighted by Gasteiger charge is 2.31. The summed E-state index contributed by atoms with van der Waals surface area (Å²) in [4.78, 5) is 37.1. The molecule has 1 aliphatic rings. The van der Waals surface area contributed by atoms with Crippen LogP contribution in [0.15, 0.2) is 48.5 Å². The van der Waals surface area contributed by atoms with E-state index < -0.39 is 30.1 Å². The van der Waals surface area contributed by atoms with E-state index in [0.29, 0.717) is 18.6 Å². The number of hydrogen-bond acceptors (Lipinski definition) is 5. The van der Waals surface area contributed by atoms with Crippen molar-refractivity contribution in [1.29, 1.82) is 0 Å². The Kier molecular flexibility index (Phi) is 8.98. The molecule has 7 nitrogen and oxygen atoms in total. The van der Waals surface area contributed by atoms with E-state index in [1.807, 2.05) is 49.6 Å². The van der Waals surface area contributed by atoms with Crippen LogP contribution in [-0.4, -0.2) is 53.8 Å². The zero-order chi connectivity index (χ0) is 24.7. The van der Waals surface area contributed by atoms with Gasteiger partial charge in [-0.05, 0) is 46.6 Å². The molecule has 34 heavy (non-hydrogen) atoms. The molecule has 0 saturated heterocycles. The van der Waals surface area contributed by atoms with E-state index in [1.54, 1.807) is 18.7 Å². The highest BCUT2D eigenvalue weighted by Crippen LogP contribution is 2.44. The fourth-order valence-corrected chi connectivity index (χ4v) is 4.70. The first-order valence-electron chi connectivity index (χ1n) is 11.5. The first-order valence-corrected chi connectivity index (χ1v) is 12.9. The van der Waals surface area contributed by atoms with Gasteiger partial charge in [-0.1, -0.05) is 68.8 Å². The van der Waals surface area contributed by atoms with Crippen LogP contribution in [0.25, 0.3) is 11.1 Å². The number of carboxylic acids is 1. The molecule has 3 atom stereocenters. The lowest BCUT2D eigenvalue weighted by molar-refractivity contribution is -0.143. The molecule has 3 N–H and O–H groups in total. The van der Waals surface area contributed by atoms with Crippen molar-refractivity contribution in [3.8, 4) is 11.1 Å². The summed E-state index contributed by atoms with van der Waals surface area (Å²) in [5, 5.41) is 14.7. The summed E-state index contributed by atoms with van der Waals surface area (Å²) in [5.74, 6) is -1.30. The van der Waals surface area contributed by atoms with Gasteiger partial charge in [0.05, 0.1) is 0 Å². The SMILES string of the molecule is CCC(C)C(NC(=O)[C@H](CCSC)NC(=O)OCC1c2ccccc2-c2ccccc21)C(=O)O. The number of carbonyl (C=O) groups excluding carboxylic acids is 2. The molecular formula is C26H32N2O5S. The predicted molar refractivity (Wildman–Crippen MR) is 134 cm³/mol. The topological polar surface area (TPSA) is 105 Å². The van der Waals surface area contributed by atoms with Gasteiger partial charge in [0.1, 0.15) is 18.7 Å². The predicted octanol–water partition coefficient (Wildman–Crippen LogP) is 4.26. The van der Waals surface area contributed by atoms with E-state index in [2.05, 4.69) is 22.8 Å². The lowest BCUT2D eigenvalue weighted by Crippen LogP contribution is -2.53. The number of amides is 2. The zero-order valence-electron chi connectivity index (χ0n) is 19.7. The number of hydrogen-bond donors (Lipinski definition) is 3. The number of fused-ring (bicyclic) bond motifs is 3. The summed E-state index contributed by atoms with van der Waals surface area (Å²) in [6, 6.07) is 14.2. The van der Waals surface area contributed by atoms with Crippen molar-refractivity contribution in [2.24, 2.45) is 5.92 Å². The van der Waals surface area contributed by atoms with Crippen molar-refractivity contribution in [1.82, 2.24) is 10.6 Å². The molecule has 0 aliphatic heterocycles. The minimum absolute atomic E-state index is 0.0848. The molecule has 1 aliphatic carbocycles. The summed E-state index contributed by atoms with van der Waals surface area (Å²) >= 11 is 1.54. The molecular weight excluding hydrogens is 452 g/mol. The Morgan fingerprint density at radius 3 is 2.15 bits per heavy atom. The number of rotatable bonds is 11. The second-order valence-electron chi connectivity index (χ2n) is 8.51. The molecule has 0 spiro atoms. The van der Waals surface area contributed by atoms with Crippen LogP contribution in [-0.2, 0) is 14.3 Å². The maximum absolute atomic E-state index is 12.9. The van der Waals surface area contributed by atoms with Crippen LogP contribution in [0.1, 0.15) is 43.7 Å². The molecule has 182 valence electrons. The highest BCUT2D eigenvalue weighted by molar-refractivity contribution is 7.98. The van der Waals surface area contributed by atoms with Crippen molar-refractivity contribution < 1.29 is 24.2 Å². The molecule has 2 aromatic carbocycles. The van der Waals surface area contributed by atoms with Gasteiger partial charge < -0.3 is 20.5 Å². The number of carbonyl (C=O) groups is 3. The summed E-state index contributed by atoms with van der Waals surface area (Å²) in [5.41, 5.74) is 4.47. The van der Waals surface area contributed by atoms with Gasteiger partial charge in [-0.25, -0.2) is 9.59 Å². The number of alkyl carbamates (subject to hydrolysis) is 1. The van der Waals surface area contributed by atoms with Gasteiger partial charge in [-0.2, -0.15) is 11.8 Å². The van der Waals surface area contributed by atoms with Crippen LogP contribution < -0.4 is 10.6 Å². The molecule has 0 radical (unpaired) electrons. The molecule has 3 rings (SSSR count). The number of benzene rings is 2. The lowest BCUT2D eigenvalue weighted by Gasteiger charge is -2.24. The maximum atomic E-state index is 12.9. The van der Waals surface area contributed by atoms with Crippen molar-refractivity contribution in [2.45, 2.75) is 44.7 Å². The van der Waals surface area contributed by atoms with Gasteiger partial charge >= 0.3 is 12.1 Å². The van der Waals surface area contributed by atoms with Gasteiger partial charge in [0.25, 0.3) is 0 Å². The number of aliphatic carboxylic acids is 1. The molecule has 8 heteroatoms. The fraction of sp³-hybridized carbons (Fsp3) is 0.423. The van der Waals surface area contributed by atoms with Gasteiger partial charge in [0, 0.05) is 5.92 Å². The summed E-state index contributed by atoms with van der Waals surface area (Å²) < 4.78 is 5.57. The zero-order valence-corrected chi connectivity index (χ0v) is 20.6. The first-order chi connectivity index (χ1) is 16.4. The molecule has 0 bridgehead atoms. The van der Waals surface area contributed by atoms with Gasteiger partial charge in [0.15, 0.2) is 0 Å². The number of nitrogens with one attached hydrogen (secondary N) is 2. The average molecular weight is 485 g/mol. The number of carboxylic acid groups (broad SMARTS) is 1. The van der Waals surface area contributed by atoms with E-state index in [4.69, 9.17) is 4.74 Å². The second kappa shape index (κ2) is 11.9. The quantitative estimate of drug-likeness (QED) is 0.440. The van der Waals surface area contributed by atoms with Crippen LogP contribution in [0.5, 0.6) is 0 Å².